The second-order valence-electron chi connectivity index (χ2n) is 1.28. The lowest BCUT2D eigenvalue weighted by atomic mass is 10.8. The summed E-state index contributed by atoms with van der Waals surface area (Å²) in [5.74, 6) is 0. The van der Waals surface area contributed by atoms with Gasteiger partial charge in [-0.25, -0.2) is 0 Å². The van der Waals surface area contributed by atoms with Crippen LogP contribution in [0.5, 0.6) is 0 Å². The van der Waals surface area contributed by atoms with Crippen molar-refractivity contribution in [3.63, 3.8) is 0 Å². The molecule has 0 bridgehead atoms. The van der Waals surface area contributed by atoms with Crippen LogP contribution >= 0.6 is 43.4 Å². The predicted octanol–water partition coefficient (Wildman–Crippen LogP) is 3.69. The smallest absolute Gasteiger partial charge is 0.261 e. The minimum absolute atomic E-state index is 0.669. The molecule has 1 nitrogen and oxygen atoms in total. The predicted molar refractivity (Wildman–Crippen MR) is 45.8 cm³/mol. The summed E-state index contributed by atoms with van der Waals surface area (Å²) < 4.78 is 28.2. The zero-order valence-corrected chi connectivity index (χ0v) is 9.17. The molecule has 0 rings (SSSR count). The van der Waals surface area contributed by atoms with Crippen LogP contribution in [0.4, 0.5) is 8.78 Å². The molecule has 0 aliphatic carbocycles. The van der Waals surface area contributed by atoms with Crippen molar-refractivity contribution in [1.29, 1.82) is 0 Å². The molecule has 8 heteroatoms. The molecular weight excluding hydrogens is 292 g/mol. The van der Waals surface area contributed by atoms with Gasteiger partial charge in [-0.1, -0.05) is 15.9 Å². The molecule has 0 amide bonds. The fraction of sp³-hybridized carbons (Fsp3) is 1.00. The van der Waals surface area contributed by atoms with Crippen LogP contribution in [0, 0.1) is 0 Å². The standard InChI is InChI=1S/C2H2BrCl2F2OPS/c3-1-2(6,7)8-9(4,5)10/h1H2. The third-order valence-corrected chi connectivity index (χ3v) is 2.17. The summed E-state index contributed by atoms with van der Waals surface area (Å²) in [6.07, 6.45) is -3.38. The molecule has 0 aromatic carbocycles. The van der Waals surface area contributed by atoms with Gasteiger partial charge in [-0.2, -0.15) is 8.78 Å². The van der Waals surface area contributed by atoms with E-state index in [4.69, 9.17) is 22.5 Å². The summed E-state index contributed by atoms with van der Waals surface area (Å²) in [6.45, 7) is 0. The number of hydrogen-bond acceptors (Lipinski definition) is 2. The Morgan fingerprint density at radius 1 is 1.60 bits per heavy atom. The van der Waals surface area contributed by atoms with Gasteiger partial charge in [0, 0.05) is 0 Å². The highest BCUT2D eigenvalue weighted by atomic mass is 79.9. The molecular formula is C2H2BrCl2F2OPS. The van der Waals surface area contributed by atoms with Gasteiger partial charge in [0.1, 0.15) is 0 Å². The van der Waals surface area contributed by atoms with Gasteiger partial charge < -0.3 is 0 Å². The maximum Gasteiger partial charge on any atom is 0.370 e. The van der Waals surface area contributed by atoms with Crippen molar-refractivity contribution in [2.24, 2.45) is 0 Å². The maximum absolute atomic E-state index is 12.2. The van der Waals surface area contributed by atoms with E-state index in [2.05, 4.69) is 32.3 Å². The molecule has 0 heterocycles. The molecule has 62 valence electrons. The SMILES string of the molecule is FC(F)(CBr)OP(=S)(Cl)Cl. The third-order valence-electron chi connectivity index (χ3n) is 0.395. The summed E-state index contributed by atoms with van der Waals surface area (Å²) in [6, 6.07) is 0. The first-order chi connectivity index (χ1) is 4.27. The van der Waals surface area contributed by atoms with Crippen molar-refractivity contribution in [1.82, 2.24) is 0 Å². The Morgan fingerprint density at radius 2 is 2.00 bits per heavy atom. The van der Waals surface area contributed by atoms with Gasteiger partial charge in [0.15, 0.2) is 0 Å². The zero-order valence-electron chi connectivity index (χ0n) is 4.36. The number of halogens is 5. The van der Waals surface area contributed by atoms with Crippen molar-refractivity contribution in [3.8, 4) is 0 Å². The van der Waals surface area contributed by atoms with E-state index >= 15 is 0 Å². The summed E-state index contributed by atoms with van der Waals surface area (Å²) in [4.78, 5) is -3.31. The molecule has 0 aromatic rings. The molecule has 0 aliphatic rings. The number of rotatable bonds is 3. The molecule has 0 aromatic heterocycles. The molecule has 0 spiro atoms. The largest absolute Gasteiger partial charge is 0.370 e. The van der Waals surface area contributed by atoms with E-state index in [-0.39, 0.29) is 0 Å². The van der Waals surface area contributed by atoms with E-state index in [0.29, 0.717) is 0 Å². The van der Waals surface area contributed by atoms with Gasteiger partial charge in [-0.3, -0.25) is 4.52 Å². The average molecular weight is 294 g/mol. The van der Waals surface area contributed by atoms with E-state index < -0.39 is 16.4 Å². The van der Waals surface area contributed by atoms with Crippen molar-refractivity contribution in [2.45, 2.75) is 6.11 Å². The van der Waals surface area contributed by atoms with Crippen LogP contribution in [-0.4, -0.2) is 11.4 Å². The van der Waals surface area contributed by atoms with E-state index in [1.54, 1.807) is 0 Å². The summed E-state index contributed by atoms with van der Waals surface area (Å²) >= 11 is 16.9. The summed E-state index contributed by atoms with van der Waals surface area (Å²) in [7, 11) is 0. The molecule has 0 saturated carbocycles. The average Bonchev–Trinajstić information content (AvgIpc) is 1.60. The molecule has 0 N–H and O–H groups in total. The van der Waals surface area contributed by atoms with Crippen molar-refractivity contribution < 1.29 is 13.3 Å². The van der Waals surface area contributed by atoms with Crippen molar-refractivity contribution in [3.05, 3.63) is 0 Å². The molecule has 0 radical (unpaired) electrons. The van der Waals surface area contributed by atoms with Crippen LogP contribution in [0.3, 0.4) is 0 Å². The minimum atomic E-state index is -3.38. The number of hydrogen-bond donors (Lipinski definition) is 0. The van der Waals surface area contributed by atoms with Crippen LogP contribution in [0.1, 0.15) is 0 Å². The highest BCUT2D eigenvalue weighted by Gasteiger charge is 2.34. The van der Waals surface area contributed by atoms with E-state index in [1.165, 1.54) is 0 Å². The second-order valence-corrected chi connectivity index (χ2v) is 8.97. The normalized spacial score (nSPS) is 13.7. The number of alkyl halides is 3. The molecule has 0 atom stereocenters. The van der Waals surface area contributed by atoms with Gasteiger partial charge >= 0.3 is 6.11 Å². The lowest BCUT2D eigenvalue weighted by Crippen LogP contribution is -2.18. The van der Waals surface area contributed by atoms with Crippen molar-refractivity contribution in [2.75, 3.05) is 5.33 Å². The third kappa shape index (κ3) is 6.25. The summed E-state index contributed by atoms with van der Waals surface area (Å²) in [5, 5.41) is -0.669. The Balaban J connectivity index is 4.02. The first-order valence-corrected chi connectivity index (χ1v) is 7.56. The quantitative estimate of drug-likeness (QED) is 0.580. The maximum atomic E-state index is 12.2. The Hall–Kier alpha value is 1.53. The van der Waals surface area contributed by atoms with Crippen molar-refractivity contribution >= 4 is 55.2 Å². The van der Waals surface area contributed by atoms with Gasteiger partial charge in [0.05, 0.1) is 5.33 Å². The monoisotopic (exact) mass is 292 g/mol. The fourth-order valence-corrected chi connectivity index (χ4v) is 1.78. The van der Waals surface area contributed by atoms with Crippen LogP contribution in [0.15, 0.2) is 0 Å². The van der Waals surface area contributed by atoms with Crippen LogP contribution in [0.25, 0.3) is 0 Å². The van der Waals surface area contributed by atoms with E-state index in [9.17, 15) is 8.78 Å². The van der Waals surface area contributed by atoms with Gasteiger partial charge in [0.2, 0.25) is 4.97 Å². The zero-order chi connectivity index (χ0) is 8.41. The Bertz CT molecular complexity index is 161. The van der Waals surface area contributed by atoms with Gasteiger partial charge in [0.25, 0.3) is 0 Å². The Morgan fingerprint density at radius 3 is 2.10 bits per heavy atom. The molecule has 0 unspecified atom stereocenters. The van der Waals surface area contributed by atoms with Crippen LogP contribution < -0.4 is 0 Å². The van der Waals surface area contributed by atoms with Crippen LogP contribution in [-0.2, 0) is 16.3 Å². The molecule has 0 saturated heterocycles. The fourth-order valence-electron chi connectivity index (χ4n) is 0.180. The van der Waals surface area contributed by atoms with Gasteiger partial charge in [-0.15, -0.1) is 0 Å². The first-order valence-electron chi connectivity index (χ1n) is 1.91. The van der Waals surface area contributed by atoms with Crippen LogP contribution in [0.2, 0.25) is 0 Å². The Kier molecular flexibility index (Phi) is 4.57. The lowest BCUT2D eigenvalue weighted by Gasteiger charge is -2.15. The highest BCUT2D eigenvalue weighted by molar-refractivity contribution is 9.09. The second kappa shape index (κ2) is 3.97. The topological polar surface area (TPSA) is 9.23 Å². The van der Waals surface area contributed by atoms with Gasteiger partial charge in [-0.05, 0) is 34.3 Å². The lowest BCUT2D eigenvalue weighted by molar-refractivity contribution is -0.145. The van der Waals surface area contributed by atoms with E-state index in [0.717, 1.165) is 0 Å². The summed E-state index contributed by atoms with van der Waals surface area (Å²) in [5.41, 5.74) is 0. The Labute approximate surface area is 79.8 Å². The molecule has 0 aliphatic heterocycles. The molecule has 10 heavy (non-hydrogen) atoms. The van der Waals surface area contributed by atoms with E-state index in [1.807, 2.05) is 0 Å². The minimum Gasteiger partial charge on any atom is -0.261 e. The highest BCUT2D eigenvalue weighted by Crippen LogP contribution is 2.61. The first kappa shape index (κ1) is 11.5. The molecule has 0 fully saturated rings.